The molecule has 0 amide bonds. The lowest BCUT2D eigenvalue weighted by Gasteiger charge is -1.95. The molecule has 0 saturated carbocycles. The van der Waals surface area contributed by atoms with Gasteiger partial charge in [-0.15, -0.1) is 0 Å². The van der Waals surface area contributed by atoms with Crippen LogP contribution >= 0.6 is 0 Å². The number of carbonyl (C=O) groups excluding carboxylic acids is 1. The fourth-order valence-electron chi connectivity index (χ4n) is 1.29. The summed E-state index contributed by atoms with van der Waals surface area (Å²) in [4.78, 5) is 17.8. The second kappa shape index (κ2) is 3.68. The number of halogens is 1. The van der Waals surface area contributed by atoms with Gasteiger partial charge in [0.15, 0.2) is 5.82 Å². The number of carbonyl (C=O) groups is 1. The number of aromatic amines is 1. The van der Waals surface area contributed by atoms with Gasteiger partial charge in [-0.1, -0.05) is 6.07 Å². The van der Waals surface area contributed by atoms with Gasteiger partial charge in [-0.3, -0.25) is 0 Å². The zero-order chi connectivity index (χ0) is 10.8. The number of esters is 1. The minimum Gasteiger partial charge on any atom is -0.460 e. The van der Waals surface area contributed by atoms with Crippen LogP contribution in [0.25, 0.3) is 11.0 Å². The molecule has 5 heteroatoms. The molecule has 1 heterocycles. The van der Waals surface area contributed by atoms with Crippen LogP contribution in [0.4, 0.5) is 4.39 Å². The molecule has 1 aromatic carbocycles. The Hall–Kier alpha value is -1.91. The minimum absolute atomic E-state index is 0.0250. The molecule has 0 saturated heterocycles. The Balaban J connectivity index is 2.47. The first-order chi connectivity index (χ1) is 7.22. The molecular formula is C10H9FN2O2. The zero-order valence-corrected chi connectivity index (χ0v) is 8.08. The molecule has 0 aliphatic carbocycles. The number of para-hydroxylation sites is 1. The predicted molar refractivity (Wildman–Crippen MR) is 52.0 cm³/mol. The van der Waals surface area contributed by atoms with Crippen LogP contribution in [0.3, 0.4) is 0 Å². The standard InChI is InChI=1S/C10H9FN2O2/c1-2-15-10(14)9-12-7-5-3-4-6(11)8(7)13-9/h3-5H,2H2,1H3,(H,12,13). The predicted octanol–water partition coefficient (Wildman–Crippen LogP) is 1.88. The van der Waals surface area contributed by atoms with Crippen molar-refractivity contribution in [3.63, 3.8) is 0 Å². The van der Waals surface area contributed by atoms with E-state index in [-0.39, 0.29) is 17.9 Å². The lowest BCUT2D eigenvalue weighted by molar-refractivity contribution is 0.0514. The number of imidazole rings is 1. The summed E-state index contributed by atoms with van der Waals surface area (Å²) in [6.45, 7) is 1.96. The Labute approximate surface area is 85.1 Å². The Morgan fingerprint density at radius 1 is 1.60 bits per heavy atom. The SMILES string of the molecule is CCOC(=O)c1nc2c(F)cccc2[nH]1. The van der Waals surface area contributed by atoms with Crippen molar-refractivity contribution in [1.29, 1.82) is 0 Å². The molecule has 0 aliphatic rings. The van der Waals surface area contributed by atoms with Crippen molar-refractivity contribution < 1.29 is 13.9 Å². The Morgan fingerprint density at radius 2 is 2.40 bits per heavy atom. The van der Waals surface area contributed by atoms with Gasteiger partial charge < -0.3 is 9.72 Å². The third kappa shape index (κ3) is 1.68. The number of rotatable bonds is 2. The Morgan fingerprint density at radius 3 is 3.07 bits per heavy atom. The summed E-state index contributed by atoms with van der Waals surface area (Å²) in [6.07, 6.45) is 0. The number of aromatic nitrogens is 2. The fraction of sp³-hybridized carbons (Fsp3) is 0.200. The topological polar surface area (TPSA) is 55.0 Å². The number of nitrogens with one attached hydrogen (secondary N) is 1. The highest BCUT2D eigenvalue weighted by Crippen LogP contribution is 2.15. The third-order valence-electron chi connectivity index (χ3n) is 1.93. The Bertz CT molecular complexity index is 507. The first-order valence-electron chi connectivity index (χ1n) is 4.53. The molecule has 2 aromatic rings. The van der Waals surface area contributed by atoms with Crippen molar-refractivity contribution in [2.75, 3.05) is 6.61 Å². The van der Waals surface area contributed by atoms with Crippen molar-refractivity contribution in [2.45, 2.75) is 6.92 Å². The van der Waals surface area contributed by atoms with Crippen molar-refractivity contribution in [1.82, 2.24) is 9.97 Å². The zero-order valence-electron chi connectivity index (χ0n) is 8.08. The molecule has 1 N–H and O–H groups in total. The van der Waals surface area contributed by atoms with Gasteiger partial charge in [0.1, 0.15) is 5.52 Å². The molecule has 2 rings (SSSR count). The van der Waals surface area contributed by atoms with E-state index in [0.29, 0.717) is 5.52 Å². The molecule has 0 spiro atoms. The molecule has 0 fully saturated rings. The molecule has 0 aliphatic heterocycles. The maximum atomic E-state index is 13.2. The minimum atomic E-state index is -0.576. The van der Waals surface area contributed by atoms with E-state index in [4.69, 9.17) is 4.74 Å². The summed E-state index contributed by atoms with van der Waals surface area (Å²) in [6, 6.07) is 4.48. The normalized spacial score (nSPS) is 10.5. The van der Waals surface area contributed by atoms with Crippen LogP contribution < -0.4 is 0 Å². The second-order valence-corrected chi connectivity index (χ2v) is 2.94. The van der Waals surface area contributed by atoms with Crippen LogP contribution in [0, 0.1) is 5.82 Å². The number of fused-ring (bicyclic) bond motifs is 1. The number of ether oxygens (including phenoxy) is 1. The fourth-order valence-corrected chi connectivity index (χ4v) is 1.29. The van der Waals surface area contributed by atoms with Crippen molar-refractivity contribution in [2.24, 2.45) is 0 Å². The lowest BCUT2D eigenvalue weighted by atomic mass is 10.3. The molecule has 0 bridgehead atoms. The van der Waals surface area contributed by atoms with Gasteiger partial charge in [0.25, 0.3) is 0 Å². The van der Waals surface area contributed by atoms with Gasteiger partial charge in [-0.2, -0.15) is 0 Å². The van der Waals surface area contributed by atoms with E-state index in [1.807, 2.05) is 0 Å². The van der Waals surface area contributed by atoms with Gasteiger partial charge in [0.2, 0.25) is 5.82 Å². The van der Waals surface area contributed by atoms with E-state index in [0.717, 1.165) is 0 Å². The van der Waals surface area contributed by atoms with Crippen molar-refractivity contribution in [3.05, 3.63) is 29.8 Å². The molecule has 78 valence electrons. The van der Waals surface area contributed by atoms with Gasteiger partial charge >= 0.3 is 5.97 Å². The number of hydrogen-bond acceptors (Lipinski definition) is 3. The highest BCUT2D eigenvalue weighted by molar-refractivity contribution is 5.90. The van der Waals surface area contributed by atoms with E-state index in [2.05, 4.69) is 9.97 Å². The van der Waals surface area contributed by atoms with Crippen LogP contribution in [0.1, 0.15) is 17.5 Å². The van der Waals surface area contributed by atoms with E-state index < -0.39 is 11.8 Å². The van der Waals surface area contributed by atoms with Crippen LogP contribution in [-0.4, -0.2) is 22.5 Å². The first-order valence-corrected chi connectivity index (χ1v) is 4.53. The van der Waals surface area contributed by atoms with Gasteiger partial charge in [-0.25, -0.2) is 14.2 Å². The molecule has 1 aromatic heterocycles. The highest BCUT2D eigenvalue weighted by atomic mass is 19.1. The molecule has 0 unspecified atom stereocenters. The maximum Gasteiger partial charge on any atom is 0.374 e. The third-order valence-corrected chi connectivity index (χ3v) is 1.93. The Kier molecular flexibility index (Phi) is 2.37. The molecular weight excluding hydrogens is 199 g/mol. The van der Waals surface area contributed by atoms with E-state index in [1.54, 1.807) is 19.1 Å². The van der Waals surface area contributed by atoms with E-state index in [1.165, 1.54) is 6.07 Å². The first kappa shape index (κ1) is 9.64. The second-order valence-electron chi connectivity index (χ2n) is 2.94. The van der Waals surface area contributed by atoms with Crippen LogP contribution in [-0.2, 0) is 4.74 Å². The number of nitrogens with zero attached hydrogens (tertiary/aromatic N) is 1. The summed E-state index contributed by atoms with van der Waals surface area (Å²) < 4.78 is 18.0. The van der Waals surface area contributed by atoms with Crippen LogP contribution in [0.15, 0.2) is 18.2 Å². The average Bonchev–Trinajstić information content (AvgIpc) is 2.63. The van der Waals surface area contributed by atoms with Gasteiger partial charge in [0, 0.05) is 0 Å². The number of hydrogen-bond donors (Lipinski definition) is 1. The largest absolute Gasteiger partial charge is 0.460 e. The molecule has 15 heavy (non-hydrogen) atoms. The lowest BCUT2D eigenvalue weighted by Crippen LogP contribution is -2.06. The summed E-state index contributed by atoms with van der Waals surface area (Å²) >= 11 is 0. The monoisotopic (exact) mass is 208 g/mol. The number of benzene rings is 1. The van der Waals surface area contributed by atoms with Crippen LogP contribution in [0.5, 0.6) is 0 Å². The van der Waals surface area contributed by atoms with E-state index >= 15 is 0 Å². The molecule has 0 atom stereocenters. The van der Waals surface area contributed by atoms with Gasteiger partial charge in [0.05, 0.1) is 12.1 Å². The van der Waals surface area contributed by atoms with Gasteiger partial charge in [-0.05, 0) is 19.1 Å². The summed E-state index contributed by atoms with van der Waals surface area (Å²) in [5, 5.41) is 0. The number of H-pyrrole nitrogens is 1. The summed E-state index contributed by atoms with van der Waals surface area (Å²) in [7, 11) is 0. The summed E-state index contributed by atoms with van der Waals surface area (Å²) in [5.41, 5.74) is 0.638. The molecule has 4 nitrogen and oxygen atoms in total. The van der Waals surface area contributed by atoms with Crippen molar-refractivity contribution >= 4 is 17.0 Å². The smallest absolute Gasteiger partial charge is 0.374 e. The molecule has 0 radical (unpaired) electrons. The van der Waals surface area contributed by atoms with E-state index in [9.17, 15) is 9.18 Å². The quantitative estimate of drug-likeness (QED) is 0.766. The summed E-state index contributed by atoms with van der Waals surface area (Å²) in [5.74, 6) is -1.01. The van der Waals surface area contributed by atoms with Crippen molar-refractivity contribution in [3.8, 4) is 0 Å². The maximum absolute atomic E-state index is 13.2. The van der Waals surface area contributed by atoms with Crippen LogP contribution in [0.2, 0.25) is 0 Å². The average molecular weight is 208 g/mol. The highest BCUT2D eigenvalue weighted by Gasteiger charge is 2.13.